The van der Waals surface area contributed by atoms with Crippen LogP contribution in [0.3, 0.4) is 0 Å². The van der Waals surface area contributed by atoms with Gasteiger partial charge >= 0.3 is 0 Å². The highest BCUT2D eigenvalue weighted by molar-refractivity contribution is 6.30. The standard InChI is InChI=1S/C16H14ClNO3/c1-19-14-4-6-15(20-2)12(8-14)10-21-16-5-3-13(17)7-11(16)9-18/h3-8H,10H2,1-2H3. The predicted molar refractivity (Wildman–Crippen MR) is 80.0 cm³/mol. The molecule has 0 spiro atoms. The Morgan fingerprint density at radius 1 is 1.05 bits per heavy atom. The normalized spacial score (nSPS) is 9.81. The minimum Gasteiger partial charge on any atom is -0.497 e. The fourth-order valence-electron chi connectivity index (χ4n) is 1.87. The van der Waals surface area contributed by atoms with Gasteiger partial charge in [-0.25, -0.2) is 0 Å². The molecule has 0 amide bonds. The van der Waals surface area contributed by atoms with Gasteiger partial charge in [0.15, 0.2) is 0 Å². The van der Waals surface area contributed by atoms with Crippen LogP contribution in [0, 0.1) is 11.3 Å². The molecule has 5 heteroatoms. The summed E-state index contributed by atoms with van der Waals surface area (Å²) in [4.78, 5) is 0. The predicted octanol–water partition coefficient (Wildman–Crippen LogP) is 3.81. The first-order chi connectivity index (χ1) is 10.2. The van der Waals surface area contributed by atoms with Crippen molar-refractivity contribution in [1.29, 1.82) is 5.26 Å². The first-order valence-electron chi connectivity index (χ1n) is 6.21. The molecular weight excluding hydrogens is 290 g/mol. The first-order valence-corrected chi connectivity index (χ1v) is 6.59. The third kappa shape index (κ3) is 3.59. The molecule has 0 heterocycles. The minimum absolute atomic E-state index is 0.261. The van der Waals surface area contributed by atoms with Gasteiger partial charge in [-0.3, -0.25) is 0 Å². The van der Waals surface area contributed by atoms with Crippen LogP contribution in [0.1, 0.15) is 11.1 Å². The molecule has 0 N–H and O–H groups in total. The molecule has 0 saturated carbocycles. The number of rotatable bonds is 5. The fraction of sp³-hybridized carbons (Fsp3) is 0.188. The number of ether oxygens (including phenoxy) is 3. The van der Waals surface area contributed by atoms with Crippen molar-refractivity contribution >= 4 is 11.6 Å². The van der Waals surface area contributed by atoms with Gasteiger partial charge in [0.1, 0.15) is 29.9 Å². The second kappa shape index (κ2) is 6.87. The van der Waals surface area contributed by atoms with Crippen LogP contribution in [-0.2, 0) is 6.61 Å². The van der Waals surface area contributed by atoms with E-state index < -0.39 is 0 Å². The molecule has 21 heavy (non-hydrogen) atoms. The van der Waals surface area contributed by atoms with E-state index in [9.17, 15) is 0 Å². The van der Waals surface area contributed by atoms with Crippen LogP contribution in [-0.4, -0.2) is 14.2 Å². The maximum Gasteiger partial charge on any atom is 0.137 e. The molecular formula is C16H14ClNO3. The topological polar surface area (TPSA) is 51.5 Å². The highest BCUT2D eigenvalue weighted by Crippen LogP contribution is 2.27. The highest BCUT2D eigenvalue weighted by Gasteiger charge is 2.09. The third-order valence-electron chi connectivity index (χ3n) is 2.93. The van der Waals surface area contributed by atoms with Gasteiger partial charge in [0.25, 0.3) is 0 Å². The molecule has 0 atom stereocenters. The molecule has 108 valence electrons. The Balaban J connectivity index is 2.22. The van der Waals surface area contributed by atoms with Gasteiger partial charge in [-0.1, -0.05) is 11.6 Å². The summed E-state index contributed by atoms with van der Waals surface area (Å²) in [6.45, 7) is 0.261. The smallest absolute Gasteiger partial charge is 0.137 e. The van der Waals surface area contributed by atoms with Gasteiger partial charge in [-0.15, -0.1) is 0 Å². The van der Waals surface area contributed by atoms with Crippen molar-refractivity contribution in [2.75, 3.05) is 14.2 Å². The molecule has 2 aromatic carbocycles. The molecule has 0 aromatic heterocycles. The van der Waals surface area contributed by atoms with Crippen LogP contribution >= 0.6 is 11.6 Å². The quantitative estimate of drug-likeness (QED) is 0.843. The fourth-order valence-corrected chi connectivity index (χ4v) is 2.04. The zero-order valence-corrected chi connectivity index (χ0v) is 12.5. The lowest BCUT2D eigenvalue weighted by atomic mass is 10.2. The molecule has 4 nitrogen and oxygen atoms in total. The van der Waals surface area contributed by atoms with Gasteiger partial charge in [0.05, 0.1) is 19.8 Å². The molecule has 0 aliphatic carbocycles. The molecule has 2 aromatic rings. The lowest BCUT2D eigenvalue weighted by Gasteiger charge is -2.12. The summed E-state index contributed by atoms with van der Waals surface area (Å²) in [6.07, 6.45) is 0. The number of hydrogen-bond donors (Lipinski definition) is 0. The second-order valence-electron chi connectivity index (χ2n) is 4.22. The molecule has 0 bridgehead atoms. The number of halogens is 1. The Bertz CT molecular complexity index is 680. The summed E-state index contributed by atoms with van der Waals surface area (Å²) < 4.78 is 16.2. The lowest BCUT2D eigenvalue weighted by molar-refractivity contribution is 0.294. The SMILES string of the molecule is COc1ccc(OC)c(COc2ccc(Cl)cc2C#N)c1. The molecule has 0 aliphatic rings. The van der Waals surface area contributed by atoms with Gasteiger partial charge in [-0.05, 0) is 36.4 Å². The average molecular weight is 304 g/mol. The monoisotopic (exact) mass is 303 g/mol. The maximum atomic E-state index is 9.09. The van der Waals surface area contributed by atoms with Crippen LogP contribution < -0.4 is 14.2 Å². The number of nitrogens with zero attached hydrogens (tertiary/aromatic N) is 1. The summed E-state index contributed by atoms with van der Waals surface area (Å²) >= 11 is 5.86. The van der Waals surface area contributed by atoms with Gasteiger partial charge in [0.2, 0.25) is 0 Å². The van der Waals surface area contributed by atoms with Gasteiger partial charge < -0.3 is 14.2 Å². The lowest BCUT2D eigenvalue weighted by Crippen LogP contribution is -2.00. The Kier molecular flexibility index (Phi) is 4.91. The number of methoxy groups -OCH3 is 2. The van der Waals surface area contributed by atoms with E-state index in [4.69, 9.17) is 31.1 Å². The van der Waals surface area contributed by atoms with Gasteiger partial charge in [0, 0.05) is 10.6 Å². The summed E-state index contributed by atoms with van der Waals surface area (Å²) in [5, 5.41) is 9.59. The van der Waals surface area contributed by atoms with Crippen molar-refractivity contribution < 1.29 is 14.2 Å². The summed E-state index contributed by atoms with van der Waals surface area (Å²) in [6, 6.07) is 12.4. The first kappa shape index (κ1) is 15.0. The second-order valence-corrected chi connectivity index (χ2v) is 4.66. The zero-order chi connectivity index (χ0) is 15.2. The van der Waals surface area contributed by atoms with Crippen molar-refractivity contribution in [3.8, 4) is 23.3 Å². The molecule has 0 fully saturated rings. The molecule has 0 unspecified atom stereocenters. The summed E-state index contributed by atoms with van der Waals surface area (Å²) in [7, 11) is 3.19. The van der Waals surface area contributed by atoms with E-state index in [0.717, 1.165) is 5.56 Å². The number of hydrogen-bond acceptors (Lipinski definition) is 4. The Morgan fingerprint density at radius 3 is 2.48 bits per heavy atom. The van der Waals surface area contributed by atoms with E-state index in [2.05, 4.69) is 6.07 Å². The van der Waals surface area contributed by atoms with E-state index in [-0.39, 0.29) is 6.61 Å². The van der Waals surface area contributed by atoms with Crippen molar-refractivity contribution in [2.24, 2.45) is 0 Å². The van der Waals surface area contributed by atoms with Crippen molar-refractivity contribution in [1.82, 2.24) is 0 Å². The van der Waals surface area contributed by atoms with Crippen LogP contribution in [0.15, 0.2) is 36.4 Å². The number of nitriles is 1. The van der Waals surface area contributed by atoms with E-state index in [1.807, 2.05) is 18.2 Å². The van der Waals surface area contributed by atoms with Crippen molar-refractivity contribution in [2.45, 2.75) is 6.61 Å². The van der Waals surface area contributed by atoms with Crippen molar-refractivity contribution in [3.63, 3.8) is 0 Å². The van der Waals surface area contributed by atoms with Crippen molar-refractivity contribution in [3.05, 3.63) is 52.5 Å². The van der Waals surface area contributed by atoms with E-state index in [1.165, 1.54) is 0 Å². The Hall–Kier alpha value is -2.38. The molecule has 0 saturated heterocycles. The van der Waals surface area contributed by atoms with Crippen LogP contribution in [0.5, 0.6) is 17.2 Å². The highest BCUT2D eigenvalue weighted by atomic mass is 35.5. The van der Waals surface area contributed by atoms with E-state index in [1.54, 1.807) is 32.4 Å². The van der Waals surface area contributed by atoms with Crippen LogP contribution in [0.4, 0.5) is 0 Å². The van der Waals surface area contributed by atoms with E-state index >= 15 is 0 Å². The molecule has 2 rings (SSSR count). The molecule has 0 aliphatic heterocycles. The van der Waals surface area contributed by atoms with Gasteiger partial charge in [-0.2, -0.15) is 5.26 Å². The summed E-state index contributed by atoms with van der Waals surface area (Å²) in [5.74, 6) is 1.89. The Labute approximate surface area is 128 Å². The number of benzene rings is 2. The summed E-state index contributed by atoms with van der Waals surface area (Å²) in [5.41, 5.74) is 1.22. The van der Waals surface area contributed by atoms with E-state index in [0.29, 0.717) is 27.8 Å². The largest absolute Gasteiger partial charge is 0.497 e. The molecule has 0 radical (unpaired) electrons. The van der Waals surface area contributed by atoms with Crippen LogP contribution in [0.25, 0.3) is 0 Å². The minimum atomic E-state index is 0.261. The average Bonchev–Trinajstić information content (AvgIpc) is 2.53. The third-order valence-corrected chi connectivity index (χ3v) is 3.17. The maximum absolute atomic E-state index is 9.09. The van der Waals surface area contributed by atoms with Crippen LogP contribution in [0.2, 0.25) is 5.02 Å². The zero-order valence-electron chi connectivity index (χ0n) is 11.7. The Morgan fingerprint density at radius 2 is 1.81 bits per heavy atom.